The maximum Gasteiger partial charge on any atom is 0.266 e. The molecule has 0 saturated carbocycles. The maximum atomic E-state index is 12.5. The van der Waals surface area contributed by atoms with Gasteiger partial charge in [0, 0.05) is 5.39 Å². The normalized spacial score (nSPS) is 11.5. The number of H-pyrrole nitrogens is 1. The number of aromatic nitrogens is 2. The molecule has 2 N–H and O–H groups in total. The monoisotopic (exact) mass is 303 g/mol. The quantitative estimate of drug-likeness (QED) is 0.775. The minimum atomic E-state index is -3.77. The molecule has 1 heterocycles. The van der Waals surface area contributed by atoms with E-state index in [2.05, 4.69) is 14.9 Å². The van der Waals surface area contributed by atoms with E-state index < -0.39 is 10.0 Å². The van der Waals surface area contributed by atoms with Gasteiger partial charge in [-0.1, -0.05) is 24.3 Å². The molecule has 0 aliphatic rings. The van der Waals surface area contributed by atoms with E-state index in [4.69, 9.17) is 4.74 Å². The number of methoxy groups -OCH3 is 1. The van der Waals surface area contributed by atoms with Crippen LogP contribution in [-0.2, 0) is 10.0 Å². The first-order valence-corrected chi connectivity index (χ1v) is 7.69. The molecule has 0 aliphatic carbocycles. The molecule has 0 aliphatic heterocycles. The predicted molar refractivity (Wildman–Crippen MR) is 79.9 cm³/mol. The van der Waals surface area contributed by atoms with Gasteiger partial charge in [-0.05, 0) is 24.3 Å². The number of benzene rings is 2. The molecule has 0 fully saturated rings. The van der Waals surface area contributed by atoms with Crippen molar-refractivity contribution in [1.82, 2.24) is 10.2 Å². The average molecular weight is 303 g/mol. The van der Waals surface area contributed by atoms with E-state index in [0.717, 1.165) is 5.52 Å². The lowest BCUT2D eigenvalue weighted by molar-refractivity contribution is 0.403. The van der Waals surface area contributed by atoms with E-state index >= 15 is 0 Å². The Labute approximate surface area is 121 Å². The van der Waals surface area contributed by atoms with E-state index in [1.54, 1.807) is 24.3 Å². The molecule has 1 aromatic heterocycles. The van der Waals surface area contributed by atoms with Crippen LogP contribution >= 0.6 is 0 Å². The van der Waals surface area contributed by atoms with Crippen LogP contribution in [0.4, 0.5) is 5.82 Å². The Morgan fingerprint density at radius 1 is 1.10 bits per heavy atom. The number of hydrogen-bond donors (Lipinski definition) is 2. The van der Waals surface area contributed by atoms with E-state index in [-0.39, 0.29) is 16.5 Å². The van der Waals surface area contributed by atoms with Gasteiger partial charge in [-0.25, -0.2) is 8.42 Å². The summed E-state index contributed by atoms with van der Waals surface area (Å²) in [6, 6.07) is 13.7. The molecule has 3 aromatic rings. The number of para-hydroxylation sites is 2. The molecule has 7 heteroatoms. The second-order valence-corrected chi connectivity index (χ2v) is 6.02. The van der Waals surface area contributed by atoms with Gasteiger partial charge in [0.15, 0.2) is 5.82 Å². The maximum absolute atomic E-state index is 12.5. The van der Waals surface area contributed by atoms with Gasteiger partial charge in [-0.3, -0.25) is 9.82 Å². The summed E-state index contributed by atoms with van der Waals surface area (Å²) in [5.74, 6) is 0.543. The zero-order valence-corrected chi connectivity index (χ0v) is 12.0. The van der Waals surface area contributed by atoms with Crippen molar-refractivity contribution in [2.45, 2.75) is 4.90 Å². The number of nitrogens with one attached hydrogen (secondary N) is 2. The van der Waals surface area contributed by atoms with Crippen molar-refractivity contribution < 1.29 is 13.2 Å². The highest BCUT2D eigenvalue weighted by Crippen LogP contribution is 2.27. The highest BCUT2D eigenvalue weighted by molar-refractivity contribution is 7.92. The number of sulfonamides is 1. The van der Waals surface area contributed by atoms with Crippen molar-refractivity contribution in [3.63, 3.8) is 0 Å². The molecule has 6 nitrogen and oxygen atoms in total. The van der Waals surface area contributed by atoms with Crippen LogP contribution in [0.2, 0.25) is 0 Å². The topological polar surface area (TPSA) is 84.1 Å². The van der Waals surface area contributed by atoms with Gasteiger partial charge < -0.3 is 4.74 Å². The lowest BCUT2D eigenvalue weighted by Gasteiger charge is -2.09. The lowest BCUT2D eigenvalue weighted by atomic mass is 10.2. The van der Waals surface area contributed by atoms with Crippen molar-refractivity contribution in [3.05, 3.63) is 48.5 Å². The van der Waals surface area contributed by atoms with Crippen molar-refractivity contribution in [1.29, 1.82) is 0 Å². The van der Waals surface area contributed by atoms with Crippen LogP contribution in [0.25, 0.3) is 10.9 Å². The van der Waals surface area contributed by atoms with Crippen molar-refractivity contribution in [2.24, 2.45) is 0 Å². The Kier molecular flexibility index (Phi) is 3.26. The van der Waals surface area contributed by atoms with Gasteiger partial charge >= 0.3 is 0 Å². The standard InChI is InChI=1S/C14H13N3O3S/c1-20-12-8-4-5-9-13(12)21(18,19)17-14-10-6-2-3-7-11(10)15-16-14/h2-9H,1H3,(H2,15,16,17). The Bertz CT molecular complexity index is 887. The minimum absolute atomic E-state index is 0.0691. The summed E-state index contributed by atoms with van der Waals surface area (Å²) in [6.45, 7) is 0. The third-order valence-corrected chi connectivity index (χ3v) is 4.44. The molecule has 2 aromatic carbocycles. The molecule has 0 spiro atoms. The second-order valence-electron chi connectivity index (χ2n) is 4.37. The molecule has 108 valence electrons. The SMILES string of the molecule is COc1ccccc1S(=O)(=O)Nc1n[nH]c2ccccc12. The first kappa shape index (κ1) is 13.4. The van der Waals surface area contributed by atoms with Crippen LogP contribution in [0.5, 0.6) is 5.75 Å². The molecule has 21 heavy (non-hydrogen) atoms. The minimum Gasteiger partial charge on any atom is -0.495 e. The molecule has 0 radical (unpaired) electrons. The van der Waals surface area contributed by atoms with Crippen LogP contribution in [0.1, 0.15) is 0 Å². The van der Waals surface area contributed by atoms with Crippen LogP contribution in [0.15, 0.2) is 53.4 Å². The Morgan fingerprint density at radius 2 is 1.81 bits per heavy atom. The zero-order valence-electron chi connectivity index (χ0n) is 11.2. The van der Waals surface area contributed by atoms with Crippen LogP contribution in [-0.4, -0.2) is 25.7 Å². The first-order valence-electron chi connectivity index (χ1n) is 6.21. The van der Waals surface area contributed by atoms with Gasteiger partial charge in [0.25, 0.3) is 10.0 Å². The van der Waals surface area contributed by atoms with E-state index in [1.807, 2.05) is 18.2 Å². The van der Waals surface area contributed by atoms with Gasteiger partial charge in [-0.2, -0.15) is 5.10 Å². The van der Waals surface area contributed by atoms with E-state index in [0.29, 0.717) is 5.39 Å². The number of rotatable bonds is 4. The highest BCUT2D eigenvalue weighted by Gasteiger charge is 2.21. The Morgan fingerprint density at radius 3 is 2.62 bits per heavy atom. The molecule has 0 saturated heterocycles. The van der Waals surface area contributed by atoms with Crippen molar-refractivity contribution in [2.75, 3.05) is 11.8 Å². The summed E-state index contributed by atoms with van der Waals surface area (Å²) >= 11 is 0. The summed E-state index contributed by atoms with van der Waals surface area (Å²) in [4.78, 5) is 0.0691. The summed E-state index contributed by atoms with van der Waals surface area (Å²) in [7, 11) is -2.35. The summed E-state index contributed by atoms with van der Waals surface area (Å²) in [5, 5.41) is 7.49. The number of aromatic amines is 1. The molecule has 3 rings (SSSR count). The predicted octanol–water partition coefficient (Wildman–Crippen LogP) is 2.37. The third-order valence-electron chi connectivity index (χ3n) is 3.06. The number of fused-ring (bicyclic) bond motifs is 1. The molecular formula is C14H13N3O3S. The molecule has 0 atom stereocenters. The molecule has 0 unspecified atom stereocenters. The van der Waals surface area contributed by atoms with Gasteiger partial charge in [-0.15, -0.1) is 0 Å². The van der Waals surface area contributed by atoms with Crippen molar-refractivity contribution in [3.8, 4) is 5.75 Å². The van der Waals surface area contributed by atoms with E-state index in [1.165, 1.54) is 13.2 Å². The second kappa shape index (κ2) is 5.10. The molecule has 0 bridgehead atoms. The first-order chi connectivity index (χ1) is 10.1. The number of anilines is 1. The fraction of sp³-hybridized carbons (Fsp3) is 0.0714. The molecule has 0 amide bonds. The van der Waals surface area contributed by atoms with Gasteiger partial charge in [0.1, 0.15) is 10.6 Å². The smallest absolute Gasteiger partial charge is 0.266 e. The fourth-order valence-electron chi connectivity index (χ4n) is 2.06. The van der Waals surface area contributed by atoms with Crippen LogP contribution in [0, 0.1) is 0 Å². The van der Waals surface area contributed by atoms with Crippen molar-refractivity contribution >= 4 is 26.7 Å². The number of ether oxygens (including phenoxy) is 1. The summed E-state index contributed by atoms with van der Waals surface area (Å²) in [6.07, 6.45) is 0. The number of hydrogen-bond acceptors (Lipinski definition) is 4. The third kappa shape index (κ3) is 2.43. The summed E-state index contributed by atoms with van der Waals surface area (Å²) in [5.41, 5.74) is 0.759. The summed E-state index contributed by atoms with van der Waals surface area (Å²) < 4.78 is 32.5. The van der Waals surface area contributed by atoms with Crippen LogP contribution in [0.3, 0.4) is 0 Å². The molecular weight excluding hydrogens is 290 g/mol. The largest absolute Gasteiger partial charge is 0.495 e. The van der Waals surface area contributed by atoms with E-state index in [9.17, 15) is 8.42 Å². The van der Waals surface area contributed by atoms with Gasteiger partial charge in [0.2, 0.25) is 0 Å². The lowest BCUT2D eigenvalue weighted by Crippen LogP contribution is -2.14. The Balaban J connectivity index is 2.04. The zero-order chi connectivity index (χ0) is 14.9. The Hall–Kier alpha value is -2.54. The van der Waals surface area contributed by atoms with Crippen LogP contribution < -0.4 is 9.46 Å². The fourth-order valence-corrected chi connectivity index (χ4v) is 3.26. The average Bonchev–Trinajstić information content (AvgIpc) is 2.90. The van der Waals surface area contributed by atoms with Gasteiger partial charge in [0.05, 0.1) is 12.6 Å². The highest BCUT2D eigenvalue weighted by atomic mass is 32.2. The number of nitrogens with zero attached hydrogens (tertiary/aromatic N) is 1.